The zero-order chi connectivity index (χ0) is 39.0. The Balaban J connectivity index is 0.936. The van der Waals surface area contributed by atoms with Gasteiger partial charge in [-0.05, 0) is 149 Å². The van der Waals surface area contributed by atoms with E-state index in [0.717, 1.165) is 0 Å². The normalized spacial score (nSPS) is 13.4. The molecule has 12 aromatic rings. The van der Waals surface area contributed by atoms with Crippen molar-refractivity contribution in [2.75, 3.05) is 0 Å². The SMILES string of the molecule is CC1(C)c2ccccc2-c2cc3c4ccccc4c4cc(-c5ccc(-c6ccc7ccc8c(-c9cccc%10ccccc9%10)ccc9ccc6c7c98)cc5)ccc4c3cc21. The van der Waals surface area contributed by atoms with Gasteiger partial charge in [-0.15, -0.1) is 0 Å². The van der Waals surface area contributed by atoms with Gasteiger partial charge in [-0.2, -0.15) is 0 Å². The molecule has 0 nitrogen and oxygen atoms in total. The van der Waals surface area contributed by atoms with Crippen LogP contribution in [-0.4, -0.2) is 0 Å². The van der Waals surface area contributed by atoms with Gasteiger partial charge in [-0.3, -0.25) is 0 Å². The van der Waals surface area contributed by atoms with Crippen molar-refractivity contribution in [1.82, 2.24) is 0 Å². The molecule has 0 aromatic heterocycles. The molecule has 59 heavy (non-hydrogen) atoms. The Kier molecular flexibility index (Phi) is 6.60. The highest BCUT2D eigenvalue weighted by Gasteiger charge is 2.35. The van der Waals surface area contributed by atoms with Gasteiger partial charge < -0.3 is 0 Å². The summed E-state index contributed by atoms with van der Waals surface area (Å²) in [5, 5.41) is 18.3. The Hall–Kier alpha value is -7.28. The fraction of sp³-hybridized carbons (Fsp3) is 0.0508. The van der Waals surface area contributed by atoms with Gasteiger partial charge in [0.2, 0.25) is 0 Å². The van der Waals surface area contributed by atoms with E-state index in [1.165, 1.54) is 131 Å². The summed E-state index contributed by atoms with van der Waals surface area (Å²) in [7, 11) is 0. The Labute approximate surface area is 342 Å². The molecule has 13 rings (SSSR count). The second kappa shape index (κ2) is 11.9. The van der Waals surface area contributed by atoms with Gasteiger partial charge in [-0.25, -0.2) is 0 Å². The third-order valence-corrected chi connectivity index (χ3v) is 13.8. The maximum atomic E-state index is 2.49. The fourth-order valence-electron chi connectivity index (χ4n) is 10.9. The van der Waals surface area contributed by atoms with E-state index in [4.69, 9.17) is 0 Å². The predicted octanol–water partition coefficient (Wildman–Crippen LogP) is 16.5. The van der Waals surface area contributed by atoms with Crippen LogP contribution in [0.3, 0.4) is 0 Å². The van der Waals surface area contributed by atoms with E-state index >= 15 is 0 Å². The van der Waals surface area contributed by atoms with Gasteiger partial charge in [-0.1, -0.05) is 190 Å². The highest BCUT2D eigenvalue weighted by molar-refractivity contribution is 6.29. The Bertz CT molecular complexity index is 3730. The lowest BCUT2D eigenvalue weighted by molar-refractivity contribution is 0.661. The Morgan fingerprint density at radius 3 is 1.54 bits per heavy atom. The van der Waals surface area contributed by atoms with Crippen LogP contribution in [0.25, 0.3) is 120 Å². The van der Waals surface area contributed by atoms with Crippen LogP contribution in [0.15, 0.2) is 194 Å². The second-order valence-corrected chi connectivity index (χ2v) is 17.2. The van der Waals surface area contributed by atoms with Crippen molar-refractivity contribution in [2.45, 2.75) is 19.3 Å². The molecular formula is C59H38. The summed E-state index contributed by atoms with van der Waals surface area (Å²) in [5.74, 6) is 0. The molecule has 1 aliphatic carbocycles. The molecule has 0 saturated carbocycles. The first-order chi connectivity index (χ1) is 29.0. The molecule has 0 bridgehead atoms. The molecule has 0 heterocycles. The zero-order valence-electron chi connectivity index (χ0n) is 33.0. The van der Waals surface area contributed by atoms with Gasteiger partial charge in [0.1, 0.15) is 0 Å². The maximum absolute atomic E-state index is 2.49. The molecule has 0 fully saturated rings. The van der Waals surface area contributed by atoms with Gasteiger partial charge >= 0.3 is 0 Å². The number of hydrogen-bond donors (Lipinski definition) is 0. The van der Waals surface area contributed by atoms with E-state index in [2.05, 4.69) is 208 Å². The van der Waals surface area contributed by atoms with Crippen LogP contribution in [0.2, 0.25) is 0 Å². The molecular weight excluding hydrogens is 709 g/mol. The van der Waals surface area contributed by atoms with Crippen LogP contribution in [0.1, 0.15) is 25.0 Å². The maximum Gasteiger partial charge on any atom is 0.0159 e. The minimum Gasteiger partial charge on any atom is -0.0619 e. The van der Waals surface area contributed by atoms with Crippen molar-refractivity contribution in [3.8, 4) is 44.5 Å². The van der Waals surface area contributed by atoms with Crippen LogP contribution in [0, 0.1) is 0 Å². The van der Waals surface area contributed by atoms with Gasteiger partial charge in [0.15, 0.2) is 0 Å². The van der Waals surface area contributed by atoms with Crippen LogP contribution in [-0.2, 0) is 5.41 Å². The van der Waals surface area contributed by atoms with Crippen molar-refractivity contribution in [3.05, 3.63) is 205 Å². The van der Waals surface area contributed by atoms with Crippen LogP contribution < -0.4 is 0 Å². The highest BCUT2D eigenvalue weighted by Crippen LogP contribution is 2.52. The minimum absolute atomic E-state index is 0.0467. The Morgan fingerprint density at radius 2 is 0.763 bits per heavy atom. The number of benzene rings is 12. The van der Waals surface area contributed by atoms with Crippen molar-refractivity contribution in [1.29, 1.82) is 0 Å². The molecule has 0 unspecified atom stereocenters. The van der Waals surface area contributed by atoms with Crippen LogP contribution in [0.5, 0.6) is 0 Å². The predicted molar refractivity (Wildman–Crippen MR) is 254 cm³/mol. The second-order valence-electron chi connectivity index (χ2n) is 17.2. The van der Waals surface area contributed by atoms with Crippen molar-refractivity contribution < 1.29 is 0 Å². The third-order valence-electron chi connectivity index (χ3n) is 13.8. The zero-order valence-corrected chi connectivity index (χ0v) is 33.0. The summed E-state index contributed by atoms with van der Waals surface area (Å²) < 4.78 is 0. The van der Waals surface area contributed by atoms with E-state index in [1.54, 1.807) is 0 Å². The van der Waals surface area contributed by atoms with Crippen molar-refractivity contribution in [3.63, 3.8) is 0 Å². The molecule has 0 radical (unpaired) electrons. The summed E-state index contributed by atoms with van der Waals surface area (Å²) >= 11 is 0. The lowest BCUT2D eigenvalue weighted by Crippen LogP contribution is -2.14. The molecule has 0 amide bonds. The monoisotopic (exact) mass is 746 g/mol. The molecule has 274 valence electrons. The number of rotatable bonds is 3. The van der Waals surface area contributed by atoms with E-state index in [0.29, 0.717) is 0 Å². The standard InChI is InChI=1S/C59H38/c1-59(2)55-17-8-7-15-48(55)54-33-52-45-14-6-5-13-44(45)51-32-40(26-29-47(51)53(52)34-56(54)59)35-18-20-37(21-19-35)42-27-22-38-25-31-50-46(28-23-39-24-30-49(42)57(38)58(39)50)43-16-9-11-36-10-3-4-12-41(36)43/h3-34H,1-2H3. The van der Waals surface area contributed by atoms with Gasteiger partial charge in [0, 0.05) is 5.41 Å². The van der Waals surface area contributed by atoms with Gasteiger partial charge in [0.05, 0.1) is 0 Å². The van der Waals surface area contributed by atoms with E-state index < -0.39 is 0 Å². The smallest absolute Gasteiger partial charge is 0.0159 e. The molecule has 0 spiro atoms. The summed E-state index contributed by atoms with van der Waals surface area (Å²) in [4.78, 5) is 0. The first-order valence-corrected chi connectivity index (χ1v) is 20.8. The lowest BCUT2D eigenvalue weighted by Gasteiger charge is -2.22. The summed E-state index contributed by atoms with van der Waals surface area (Å²) in [6.45, 7) is 4.75. The molecule has 0 heteroatoms. The van der Waals surface area contributed by atoms with Crippen molar-refractivity contribution >= 4 is 75.4 Å². The lowest BCUT2D eigenvalue weighted by atomic mass is 9.81. The molecule has 12 aromatic carbocycles. The van der Waals surface area contributed by atoms with E-state index in [1.807, 2.05) is 0 Å². The quantitative estimate of drug-likeness (QED) is 0.158. The fourth-order valence-corrected chi connectivity index (χ4v) is 10.9. The van der Waals surface area contributed by atoms with E-state index in [9.17, 15) is 0 Å². The number of fused-ring (bicyclic) bond motifs is 10. The highest BCUT2D eigenvalue weighted by atomic mass is 14.4. The molecule has 0 atom stereocenters. The average molecular weight is 747 g/mol. The molecule has 0 saturated heterocycles. The topological polar surface area (TPSA) is 0 Å². The summed E-state index contributed by atoms with van der Waals surface area (Å²) in [5.41, 5.74) is 13.0. The molecule has 0 N–H and O–H groups in total. The number of hydrogen-bond acceptors (Lipinski definition) is 0. The molecule has 0 aliphatic heterocycles. The van der Waals surface area contributed by atoms with Crippen LogP contribution in [0.4, 0.5) is 0 Å². The first-order valence-electron chi connectivity index (χ1n) is 20.8. The largest absolute Gasteiger partial charge is 0.0619 e. The Morgan fingerprint density at radius 1 is 0.254 bits per heavy atom. The minimum atomic E-state index is -0.0467. The first kappa shape index (κ1) is 32.8. The van der Waals surface area contributed by atoms with Gasteiger partial charge in [0.25, 0.3) is 0 Å². The third kappa shape index (κ3) is 4.55. The summed E-state index contributed by atoms with van der Waals surface area (Å²) in [6, 6.07) is 73.2. The summed E-state index contributed by atoms with van der Waals surface area (Å²) in [6.07, 6.45) is 0. The van der Waals surface area contributed by atoms with Crippen LogP contribution >= 0.6 is 0 Å². The molecule has 1 aliphatic rings. The van der Waals surface area contributed by atoms with Crippen molar-refractivity contribution in [2.24, 2.45) is 0 Å². The van der Waals surface area contributed by atoms with E-state index in [-0.39, 0.29) is 5.41 Å². The average Bonchev–Trinajstić information content (AvgIpc) is 3.52.